The van der Waals surface area contributed by atoms with Gasteiger partial charge in [0.25, 0.3) is 0 Å². The number of amides is 2. The molecule has 2 aliphatic carbocycles. The maximum absolute atomic E-state index is 12.7. The van der Waals surface area contributed by atoms with E-state index >= 15 is 0 Å². The van der Waals surface area contributed by atoms with Gasteiger partial charge in [-0.05, 0) is 49.4 Å². The minimum atomic E-state index is -0.405. The fraction of sp³-hybridized carbons (Fsp3) is 0.389. The highest BCUT2D eigenvalue weighted by Gasteiger charge is 2.59. The number of fused-ring (bicyclic) bond motifs is 5. The number of carbonyl (C=O) groups excluding carboxylic acids is 3. The van der Waals surface area contributed by atoms with Crippen molar-refractivity contribution in [3.8, 4) is 0 Å². The summed E-state index contributed by atoms with van der Waals surface area (Å²) in [6.07, 6.45) is 5.07. The summed E-state index contributed by atoms with van der Waals surface area (Å²) in [4.78, 5) is 38.3. The lowest BCUT2D eigenvalue weighted by atomic mass is 9.85. The van der Waals surface area contributed by atoms with Gasteiger partial charge >= 0.3 is 5.97 Å². The lowest BCUT2D eigenvalue weighted by Crippen LogP contribution is -2.32. The minimum Gasteiger partial charge on any atom is -0.462 e. The second-order valence-corrected chi connectivity index (χ2v) is 6.28. The lowest BCUT2D eigenvalue weighted by molar-refractivity contribution is -0.123. The van der Waals surface area contributed by atoms with Gasteiger partial charge in [-0.1, -0.05) is 12.2 Å². The van der Waals surface area contributed by atoms with Gasteiger partial charge in [0.1, 0.15) is 0 Å². The van der Waals surface area contributed by atoms with Gasteiger partial charge in [0.15, 0.2) is 0 Å². The number of imide groups is 1. The quantitative estimate of drug-likeness (QED) is 0.487. The SMILES string of the molecule is CCOC(=O)c1ccc(N2C(=O)[C@@H]3[C@@H](C2=O)[C@@H]2C=C[C@@H]3C2)cc1. The fourth-order valence-electron chi connectivity index (χ4n) is 4.12. The maximum atomic E-state index is 12.7. The summed E-state index contributed by atoms with van der Waals surface area (Å²) in [6, 6.07) is 6.46. The van der Waals surface area contributed by atoms with Crippen LogP contribution in [0.1, 0.15) is 23.7 Å². The van der Waals surface area contributed by atoms with Crippen LogP contribution in [-0.2, 0) is 14.3 Å². The van der Waals surface area contributed by atoms with E-state index in [4.69, 9.17) is 4.74 Å². The molecule has 0 unspecified atom stereocenters. The van der Waals surface area contributed by atoms with Gasteiger partial charge in [-0.2, -0.15) is 0 Å². The average Bonchev–Trinajstić information content (AvgIpc) is 3.22. The number of hydrogen-bond donors (Lipinski definition) is 0. The molecule has 5 heteroatoms. The molecule has 118 valence electrons. The summed E-state index contributed by atoms with van der Waals surface area (Å²) in [7, 11) is 0. The maximum Gasteiger partial charge on any atom is 0.338 e. The number of allylic oxidation sites excluding steroid dienone is 2. The monoisotopic (exact) mass is 311 g/mol. The van der Waals surface area contributed by atoms with Crippen LogP contribution in [0.3, 0.4) is 0 Å². The molecule has 0 aromatic heterocycles. The van der Waals surface area contributed by atoms with Crippen molar-refractivity contribution in [1.29, 1.82) is 0 Å². The van der Waals surface area contributed by atoms with Gasteiger partial charge in [-0.25, -0.2) is 4.79 Å². The Bertz CT molecular complexity index is 691. The van der Waals surface area contributed by atoms with E-state index in [-0.39, 0.29) is 35.5 Å². The molecule has 4 atom stereocenters. The van der Waals surface area contributed by atoms with Crippen molar-refractivity contribution >= 4 is 23.5 Å². The number of carbonyl (C=O) groups is 3. The molecule has 1 saturated heterocycles. The third-order valence-electron chi connectivity index (χ3n) is 5.11. The Balaban J connectivity index is 1.61. The van der Waals surface area contributed by atoms with Crippen molar-refractivity contribution in [1.82, 2.24) is 0 Å². The van der Waals surface area contributed by atoms with E-state index < -0.39 is 5.97 Å². The van der Waals surface area contributed by atoms with Crippen LogP contribution >= 0.6 is 0 Å². The average molecular weight is 311 g/mol. The number of hydrogen-bond acceptors (Lipinski definition) is 4. The van der Waals surface area contributed by atoms with Gasteiger partial charge in [-0.3, -0.25) is 14.5 Å². The zero-order valence-corrected chi connectivity index (χ0v) is 12.8. The number of anilines is 1. The van der Waals surface area contributed by atoms with Crippen LogP contribution in [-0.4, -0.2) is 24.4 Å². The predicted octanol–water partition coefficient (Wildman–Crippen LogP) is 2.17. The van der Waals surface area contributed by atoms with Gasteiger partial charge < -0.3 is 4.74 Å². The number of benzene rings is 1. The van der Waals surface area contributed by atoms with Gasteiger partial charge in [0, 0.05) is 0 Å². The molecule has 2 bridgehead atoms. The topological polar surface area (TPSA) is 63.7 Å². The minimum absolute atomic E-state index is 0.110. The first-order chi connectivity index (χ1) is 11.1. The molecule has 4 rings (SSSR count). The number of nitrogens with zero attached hydrogens (tertiary/aromatic N) is 1. The van der Waals surface area contributed by atoms with Crippen molar-refractivity contribution in [3.63, 3.8) is 0 Å². The standard InChI is InChI=1S/C18H17NO4/c1-2-23-18(22)10-5-7-13(8-6-10)19-16(20)14-11-3-4-12(9-11)15(14)17(19)21/h3-8,11-12,14-15H,2,9H2,1H3/t11-,12-,14+,15+/m1/s1. The highest BCUT2D eigenvalue weighted by molar-refractivity contribution is 6.22. The number of ether oxygens (including phenoxy) is 1. The molecule has 0 spiro atoms. The van der Waals surface area contributed by atoms with Crippen LogP contribution in [0.5, 0.6) is 0 Å². The molecular formula is C18H17NO4. The number of rotatable bonds is 3. The second kappa shape index (κ2) is 5.05. The fourth-order valence-corrected chi connectivity index (χ4v) is 4.12. The molecule has 0 radical (unpaired) electrons. The van der Waals surface area contributed by atoms with Crippen molar-refractivity contribution in [3.05, 3.63) is 42.0 Å². The van der Waals surface area contributed by atoms with E-state index in [0.29, 0.717) is 17.9 Å². The second-order valence-electron chi connectivity index (χ2n) is 6.28. The Morgan fingerprint density at radius 2 is 1.65 bits per heavy atom. The zero-order valence-electron chi connectivity index (χ0n) is 12.8. The summed E-state index contributed by atoms with van der Waals surface area (Å²) in [5.74, 6) is -0.640. The van der Waals surface area contributed by atoms with E-state index in [1.165, 1.54) is 4.90 Å². The Kier molecular flexibility index (Phi) is 3.11. The van der Waals surface area contributed by atoms with Crippen molar-refractivity contribution in [2.45, 2.75) is 13.3 Å². The highest BCUT2D eigenvalue weighted by Crippen LogP contribution is 2.53. The Morgan fingerprint density at radius 1 is 1.09 bits per heavy atom. The first-order valence-corrected chi connectivity index (χ1v) is 7.95. The summed E-state index contributed by atoms with van der Waals surface area (Å²) < 4.78 is 4.94. The molecule has 1 aromatic carbocycles. The van der Waals surface area contributed by atoms with Crippen LogP contribution in [0.15, 0.2) is 36.4 Å². The van der Waals surface area contributed by atoms with E-state index in [0.717, 1.165) is 6.42 Å². The van der Waals surface area contributed by atoms with Crippen molar-refractivity contribution in [2.75, 3.05) is 11.5 Å². The number of esters is 1. The molecule has 1 heterocycles. The molecule has 23 heavy (non-hydrogen) atoms. The molecule has 1 aliphatic heterocycles. The molecule has 1 aromatic rings. The van der Waals surface area contributed by atoms with E-state index in [2.05, 4.69) is 12.2 Å². The summed E-state index contributed by atoms with van der Waals surface area (Å²) in [5, 5.41) is 0. The lowest BCUT2D eigenvalue weighted by Gasteiger charge is -2.17. The Hall–Kier alpha value is -2.43. The summed E-state index contributed by atoms with van der Waals surface area (Å²) >= 11 is 0. The van der Waals surface area contributed by atoms with Gasteiger partial charge in [0.2, 0.25) is 11.8 Å². The molecule has 0 N–H and O–H groups in total. The molecule has 2 fully saturated rings. The summed E-state index contributed by atoms with van der Waals surface area (Å²) in [5.41, 5.74) is 0.943. The van der Waals surface area contributed by atoms with Crippen LogP contribution in [0.4, 0.5) is 5.69 Å². The van der Waals surface area contributed by atoms with Crippen LogP contribution in [0, 0.1) is 23.7 Å². The predicted molar refractivity (Wildman–Crippen MR) is 82.6 cm³/mol. The van der Waals surface area contributed by atoms with Crippen LogP contribution < -0.4 is 4.90 Å². The zero-order chi connectivity index (χ0) is 16.1. The first kappa shape index (κ1) is 14.2. The molecular weight excluding hydrogens is 294 g/mol. The Labute approximate surface area is 133 Å². The van der Waals surface area contributed by atoms with E-state index in [9.17, 15) is 14.4 Å². The van der Waals surface area contributed by atoms with E-state index in [1.54, 1.807) is 31.2 Å². The van der Waals surface area contributed by atoms with Gasteiger partial charge in [-0.15, -0.1) is 0 Å². The molecule has 2 amide bonds. The molecule has 1 saturated carbocycles. The smallest absolute Gasteiger partial charge is 0.338 e. The summed E-state index contributed by atoms with van der Waals surface area (Å²) in [6.45, 7) is 2.05. The Morgan fingerprint density at radius 3 is 2.17 bits per heavy atom. The third-order valence-corrected chi connectivity index (χ3v) is 5.11. The third kappa shape index (κ3) is 1.96. The highest BCUT2D eigenvalue weighted by atomic mass is 16.5. The van der Waals surface area contributed by atoms with E-state index in [1.807, 2.05) is 0 Å². The molecule has 3 aliphatic rings. The van der Waals surface area contributed by atoms with Crippen molar-refractivity contribution in [2.24, 2.45) is 23.7 Å². The molecule has 5 nitrogen and oxygen atoms in total. The van der Waals surface area contributed by atoms with Crippen LogP contribution in [0.2, 0.25) is 0 Å². The largest absolute Gasteiger partial charge is 0.462 e. The van der Waals surface area contributed by atoms with Crippen molar-refractivity contribution < 1.29 is 19.1 Å². The normalized spacial score (nSPS) is 30.9. The first-order valence-electron chi connectivity index (χ1n) is 7.95. The van der Waals surface area contributed by atoms with Crippen LogP contribution in [0.25, 0.3) is 0 Å². The van der Waals surface area contributed by atoms with Gasteiger partial charge in [0.05, 0.1) is 29.7 Å².